The van der Waals surface area contributed by atoms with E-state index in [2.05, 4.69) is 4.90 Å². The Kier molecular flexibility index (Phi) is 5.27. The minimum Gasteiger partial charge on any atom is -0.368 e. The minimum atomic E-state index is -3.14. The molecule has 0 saturated carbocycles. The van der Waals surface area contributed by atoms with Crippen LogP contribution in [0.4, 0.5) is 5.69 Å². The van der Waals surface area contributed by atoms with Crippen molar-refractivity contribution in [1.82, 2.24) is 0 Å². The molecule has 108 valence electrons. The normalized spacial score (nSPS) is 12.5. The minimum absolute atomic E-state index is 0.175. The zero-order chi connectivity index (χ0) is 14.7. The van der Waals surface area contributed by atoms with Crippen LogP contribution >= 0.6 is 11.6 Å². The summed E-state index contributed by atoms with van der Waals surface area (Å²) in [5.41, 5.74) is 0.784. The first-order chi connectivity index (χ1) is 8.74. The Morgan fingerprint density at radius 3 is 2.16 bits per heavy atom. The van der Waals surface area contributed by atoms with Crippen LogP contribution in [-0.2, 0) is 9.84 Å². The molecule has 0 aliphatic carbocycles. The molecule has 1 rings (SSSR count). The summed E-state index contributed by atoms with van der Waals surface area (Å²) in [4.78, 5) is 2.44. The maximum atomic E-state index is 11.9. The second-order valence-corrected chi connectivity index (χ2v) is 7.69. The molecule has 0 heterocycles. The Morgan fingerprint density at radius 2 is 1.74 bits per heavy atom. The van der Waals surface area contributed by atoms with Crippen molar-refractivity contribution >= 4 is 27.1 Å². The van der Waals surface area contributed by atoms with Gasteiger partial charge in [0.2, 0.25) is 0 Å². The molecule has 0 saturated heterocycles. The number of hydrogen-bond donors (Lipinski definition) is 0. The van der Waals surface area contributed by atoms with Crippen LogP contribution in [0.15, 0.2) is 29.2 Å². The SMILES string of the molecule is CCCS(=O)(=O)c1ccc(N(C)C(C)(C)CCl)cc1. The number of hydrogen-bond acceptors (Lipinski definition) is 3. The second kappa shape index (κ2) is 6.14. The number of halogens is 1. The Balaban J connectivity index is 3.01. The molecule has 0 aromatic heterocycles. The lowest BCUT2D eigenvalue weighted by Gasteiger charge is -2.35. The molecule has 1 aromatic rings. The van der Waals surface area contributed by atoms with Gasteiger partial charge in [-0.25, -0.2) is 8.42 Å². The highest BCUT2D eigenvalue weighted by Gasteiger charge is 2.23. The van der Waals surface area contributed by atoms with E-state index in [0.717, 1.165) is 5.69 Å². The van der Waals surface area contributed by atoms with Crippen molar-refractivity contribution in [2.45, 2.75) is 37.6 Å². The smallest absolute Gasteiger partial charge is 0.178 e. The van der Waals surface area contributed by atoms with E-state index < -0.39 is 9.84 Å². The fourth-order valence-electron chi connectivity index (χ4n) is 1.70. The first-order valence-electron chi connectivity index (χ1n) is 6.37. The molecule has 0 fully saturated rings. The van der Waals surface area contributed by atoms with Gasteiger partial charge >= 0.3 is 0 Å². The monoisotopic (exact) mass is 303 g/mol. The fourth-order valence-corrected chi connectivity index (χ4v) is 3.21. The van der Waals surface area contributed by atoms with Gasteiger partial charge in [0.25, 0.3) is 0 Å². The molecule has 0 amide bonds. The third-order valence-corrected chi connectivity index (χ3v) is 5.88. The van der Waals surface area contributed by atoms with Crippen molar-refractivity contribution in [2.75, 3.05) is 23.6 Å². The highest BCUT2D eigenvalue weighted by Crippen LogP contribution is 2.25. The van der Waals surface area contributed by atoms with Gasteiger partial charge in [0, 0.05) is 24.2 Å². The summed E-state index contributed by atoms with van der Waals surface area (Å²) in [5, 5.41) is 0. The Morgan fingerprint density at radius 1 is 1.21 bits per heavy atom. The molecule has 0 atom stereocenters. The highest BCUT2D eigenvalue weighted by atomic mass is 35.5. The van der Waals surface area contributed by atoms with E-state index >= 15 is 0 Å². The first-order valence-corrected chi connectivity index (χ1v) is 8.56. The summed E-state index contributed by atoms with van der Waals surface area (Å²) in [6.45, 7) is 5.95. The summed E-state index contributed by atoms with van der Waals surface area (Å²) in [5.74, 6) is 0.689. The largest absolute Gasteiger partial charge is 0.368 e. The van der Waals surface area contributed by atoms with E-state index in [1.807, 2.05) is 40.0 Å². The quantitative estimate of drug-likeness (QED) is 0.757. The number of benzene rings is 1. The third kappa shape index (κ3) is 3.86. The molecular formula is C14H22ClNO2S. The molecule has 0 aliphatic heterocycles. The molecule has 0 unspecified atom stereocenters. The summed E-state index contributed by atoms with van der Waals surface area (Å²) in [6, 6.07) is 7.00. The lowest BCUT2D eigenvalue weighted by atomic mass is 10.1. The molecule has 0 radical (unpaired) electrons. The van der Waals surface area contributed by atoms with Gasteiger partial charge in [0.1, 0.15) is 0 Å². The van der Waals surface area contributed by atoms with E-state index in [1.54, 1.807) is 12.1 Å². The van der Waals surface area contributed by atoms with Gasteiger partial charge in [-0.3, -0.25) is 0 Å². The predicted octanol–water partition coefficient (Wildman–Crippen LogP) is 3.32. The molecular weight excluding hydrogens is 282 g/mol. The lowest BCUT2D eigenvalue weighted by Crippen LogP contribution is -2.42. The van der Waals surface area contributed by atoms with E-state index in [1.165, 1.54) is 0 Å². The number of sulfone groups is 1. The number of alkyl halides is 1. The second-order valence-electron chi connectivity index (χ2n) is 5.32. The highest BCUT2D eigenvalue weighted by molar-refractivity contribution is 7.91. The molecule has 0 N–H and O–H groups in total. The van der Waals surface area contributed by atoms with Crippen LogP contribution in [0.2, 0.25) is 0 Å². The fraction of sp³-hybridized carbons (Fsp3) is 0.571. The summed E-state index contributed by atoms with van der Waals surface area (Å²) in [6.07, 6.45) is 0.628. The van der Waals surface area contributed by atoms with Gasteiger partial charge in [-0.1, -0.05) is 6.92 Å². The maximum absolute atomic E-state index is 11.9. The van der Waals surface area contributed by atoms with Gasteiger partial charge in [0.05, 0.1) is 10.6 Å². The van der Waals surface area contributed by atoms with Crippen molar-refractivity contribution in [3.05, 3.63) is 24.3 Å². The van der Waals surface area contributed by atoms with Crippen molar-refractivity contribution in [3.8, 4) is 0 Å². The first kappa shape index (κ1) is 16.3. The lowest BCUT2D eigenvalue weighted by molar-refractivity contribution is 0.545. The zero-order valence-electron chi connectivity index (χ0n) is 12.0. The third-order valence-electron chi connectivity index (χ3n) is 3.29. The standard InChI is InChI=1S/C14H22ClNO2S/c1-5-10-19(17,18)13-8-6-12(7-9-13)16(4)14(2,3)11-15/h6-9H,5,10-11H2,1-4H3. The van der Waals surface area contributed by atoms with Crippen molar-refractivity contribution < 1.29 is 8.42 Å². The van der Waals surface area contributed by atoms with Crippen LogP contribution in [0.25, 0.3) is 0 Å². The van der Waals surface area contributed by atoms with E-state index in [0.29, 0.717) is 17.2 Å². The van der Waals surface area contributed by atoms with Crippen LogP contribution < -0.4 is 4.90 Å². The predicted molar refractivity (Wildman–Crippen MR) is 82.0 cm³/mol. The van der Waals surface area contributed by atoms with Gasteiger partial charge in [-0.2, -0.15) is 0 Å². The van der Waals surface area contributed by atoms with Gasteiger partial charge in [0.15, 0.2) is 9.84 Å². The average molecular weight is 304 g/mol. The number of nitrogens with zero attached hydrogens (tertiary/aromatic N) is 1. The van der Waals surface area contributed by atoms with Crippen LogP contribution in [0, 0.1) is 0 Å². The Bertz CT molecular complexity index is 509. The topological polar surface area (TPSA) is 37.4 Å². The Labute approximate surface area is 121 Å². The Hall–Kier alpha value is -0.740. The number of anilines is 1. The van der Waals surface area contributed by atoms with E-state index in [-0.39, 0.29) is 11.3 Å². The molecule has 3 nitrogen and oxygen atoms in total. The molecule has 0 aliphatic rings. The van der Waals surface area contributed by atoms with Gasteiger partial charge in [-0.15, -0.1) is 11.6 Å². The van der Waals surface area contributed by atoms with Crippen molar-refractivity contribution in [3.63, 3.8) is 0 Å². The van der Waals surface area contributed by atoms with Crippen LogP contribution in [0.1, 0.15) is 27.2 Å². The van der Waals surface area contributed by atoms with Crippen molar-refractivity contribution in [1.29, 1.82) is 0 Å². The van der Waals surface area contributed by atoms with Crippen molar-refractivity contribution in [2.24, 2.45) is 0 Å². The van der Waals surface area contributed by atoms with Gasteiger partial charge < -0.3 is 4.90 Å². The number of rotatable bonds is 6. The molecule has 1 aromatic carbocycles. The summed E-state index contributed by atoms with van der Waals surface area (Å²) >= 11 is 5.95. The molecule has 19 heavy (non-hydrogen) atoms. The van der Waals surface area contributed by atoms with Crippen LogP contribution in [0.3, 0.4) is 0 Å². The maximum Gasteiger partial charge on any atom is 0.178 e. The molecule has 0 spiro atoms. The van der Waals surface area contributed by atoms with Crippen LogP contribution in [-0.4, -0.2) is 32.6 Å². The zero-order valence-corrected chi connectivity index (χ0v) is 13.6. The molecule has 5 heteroatoms. The summed E-state index contributed by atoms with van der Waals surface area (Å²) < 4.78 is 23.9. The van der Waals surface area contributed by atoms with Crippen LogP contribution in [0.5, 0.6) is 0 Å². The van der Waals surface area contributed by atoms with E-state index in [4.69, 9.17) is 11.6 Å². The summed E-state index contributed by atoms with van der Waals surface area (Å²) in [7, 11) is -1.18. The average Bonchev–Trinajstić information content (AvgIpc) is 2.38. The molecule has 0 bridgehead atoms. The van der Waals surface area contributed by atoms with E-state index in [9.17, 15) is 8.42 Å². The van der Waals surface area contributed by atoms with Gasteiger partial charge in [-0.05, 0) is 44.5 Å².